The van der Waals surface area contributed by atoms with E-state index in [4.69, 9.17) is 0 Å². The van der Waals surface area contributed by atoms with E-state index in [-0.39, 0.29) is 0 Å². The molecule has 0 fully saturated rings. The Balaban J connectivity index is 2.74. The van der Waals surface area contributed by atoms with E-state index in [0.717, 1.165) is 6.42 Å². The van der Waals surface area contributed by atoms with Crippen LogP contribution in [0, 0.1) is 0 Å². The Hall–Kier alpha value is -0.301. The molecule has 0 heterocycles. The summed E-state index contributed by atoms with van der Waals surface area (Å²) in [6.07, 6.45) is 4.22. The van der Waals surface area contributed by atoms with E-state index in [1.165, 1.54) is 21.5 Å². The van der Waals surface area contributed by atoms with Crippen LogP contribution in [0.2, 0.25) is 0 Å². The van der Waals surface area contributed by atoms with E-state index in [0.29, 0.717) is 5.92 Å². The molecule has 0 aromatic heterocycles. The molecule has 1 aromatic rings. The van der Waals surface area contributed by atoms with Gasteiger partial charge in [-0.2, -0.15) is 0 Å². The maximum absolute atomic E-state index is 3.85. The third-order valence-electron chi connectivity index (χ3n) is 2.34. The van der Waals surface area contributed by atoms with E-state index in [9.17, 15) is 0 Å². The van der Waals surface area contributed by atoms with Crippen molar-refractivity contribution < 1.29 is 0 Å². The molecule has 0 amide bonds. The van der Waals surface area contributed by atoms with Gasteiger partial charge in [0.05, 0.1) is 0 Å². The summed E-state index contributed by atoms with van der Waals surface area (Å²) in [5, 5.41) is 0. The SMILES string of the molecule is C=CCC(C(=[Se])SCCC)c1ccccc1. The van der Waals surface area contributed by atoms with Crippen LogP contribution in [0.1, 0.15) is 31.2 Å². The van der Waals surface area contributed by atoms with Crippen molar-refractivity contribution in [3.05, 3.63) is 48.6 Å². The first-order valence-corrected chi connectivity index (χ1v) is 7.46. The fourth-order valence-corrected chi connectivity index (χ4v) is 3.37. The Morgan fingerprint density at radius 2 is 2.12 bits per heavy atom. The molecule has 86 valence electrons. The van der Waals surface area contributed by atoms with Gasteiger partial charge in [-0.25, -0.2) is 0 Å². The number of hydrogen-bond donors (Lipinski definition) is 0. The van der Waals surface area contributed by atoms with Gasteiger partial charge in [-0.05, 0) is 0 Å². The average Bonchev–Trinajstić information content (AvgIpc) is 2.34. The van der Waals surface area contributed by atoms with Gasteiger partial charge in [-0.15, -0.1) is 0 Å². The van der Waals surface area contributed by atoms with Crippen LogP contribution in [0.15, 0.2) is 43.0 Å². The molecular weight excluding hydrogens is 279 g/mol. The van der Waals surface area contributed by atoms with Crippen LogP contribution >= 0.6 is 11.8 Å². The third-order valence-corrected chi connectivity index (χ3v) is 4.86. The third kappa shape index (κ3) is 4.29. The van der Waals surface area contributed by atoms with Gasteiger partial charge in [0.25, 0.3) is 0 Å². The molecule has 0 radical (unpaired) electrons. The fourth-order valence-electron chi connectivity index (χ4n) is 1.52. The normalized spacial score (nSPS) is 12.1. The van der Waals surface area contributed by atoms with Crippen molar-refractivity contribution in [1.82, 2.24) is 0 Å². The second-order valence-electron chi connectivity index (χ2n) is 3.66. The molecule has 1 unspecified atom stereocenters. The van der Waals surface area contributed by atoms with Crippen molar-refractivity contribution in [3.8, 4) is 0 Å². The number of hydrogen-bond acceptors (Lipinski definition) is 1. The van der Waals surface area contributed by atoms with Crippen molar-refractivity contribution in [2.24, 2.45) is 0 Å². The summed E-state index contributed by atoms with van der Waals surface area (Å²) in [5.41, 5.74) is 1.37. The Morgan fingerprint density at radius 3 is 2.69 bits per heavy atom. The van der Waals surface area contributed by atoms with Crippen molar-refractivity contribution in [2.45, 2.75) is 25.7 Å². The molecule has 0 aliphatic rings. The van der Waals surface area contributed by atoms with Crippen LogP contribution in [0.5, 0.6) is 0 Å². The summed E-state index contributed by atoms with van der Waals surface area (Å²) in [7, 11) is 0. The van der Waals surface area contributed by atoms with Gasteiger partial charge in [0.2, 0.25) is 0 Å². The van der Waals surface area contributed by atoms with E-state index in [1.54, 1.807) is 0 Å². The van der Waals surface area contributed by atoms with E-state index < -0.39 is 0 Å². The van der Waals surface area contributed by atoms with Crippen molar-refractivity contribution in [2.75, 3.05) is 5.75 Å². The summed E-state index contributed by atoms with van der Waals surface area (Å²) in [6, 6.07) is 10.6. The summed E-state index contributed by atoms with van der Waals surface area (Å²) in [4.78, 5) is 0. The summed E-state index contributed by atoms with van der Waals surface area (Å²) in [6.45, 7) is 6.07. The molecule has 0 saturated heterocycles. The zero-order valence-electron chi connectivity index (χ0n) is 9.69. The molecule has 0 nitrogen and oxygen atoms in total. The predicted octanol–water partition coefficient (Wildman–Crippen LogP) is 3.79. The van der Waals surface area contributed by atoms with E-state index in [1.807, 2.05) is 17.8 Å². The number of benzene rings is 1. The molecule has 1 atom stereocenters. The Bertz CT molecular complexity index is 332. The first-order chi connectivity index (χ1) is 7.79. The quantitative estimate of drug-likeness (QED) is 0.545. The summed E-state index contributed by atoms with van der Waals surface area (Å²) >= 11 is 5.16. The number of thioether (sulfide) groups is 1. The standard InChI is InChI=1S/C14H18SSe/c1-3-8-13(14(16)15-11-4-2)12-9-6-5-7-10-12/h3,5-7,9-10,13H,1,4,8,11H2,2H3. The van der Waals surface area contributed by atoms with Gasteiger partial charge in [-0.3, -0.25) is 0 Å². The molecule has 0 saturated carbocycles. The Kier molecular flexibility index (Phi) is 6.79. The molecular formula is C14H18SSe. The minimum absolute atomic E-state index is 0.468. The monoisotopic (exact) mass is 298 g/mol. The molecule has 0 aliphatic carbocycles. The van der Waals surface area contributed by atoms with Gasteiger partial charge in [0.1, 0.15) is 0 Å². The van der Waals surface area contributed by atoms with Gasteiger partial charge in [0.15, 0.2) is 0 Å². The molecule has 1 aromatic carbocycles. The first kappa shape index (κ1) is 13.8. The first-order valence-electron chi connectivity index (χ1n) is 5.62. The van der Waals surface area contributed by atoms with Crippen LogP contribution < -0.4 is 0 Å². The van der Waals surface area contributed by atoms with Gasteiger partial charge < -0.3 is 0 Å². The van der Waals surface area contributed by atoms with Crippen molar-refractivity contribution in [1.29, 1.82) is 0 Å². The second-order valence-corrected chi connectivity index (χ2v) is 6.30. The minimum atomic E-state index is 0.468. The van der Waals surface area contributed by atoms with Gasteiger partial charge >= 0.3 is 111 Å². The van der Waals surface area contributed by atoms with Crippen LogP contribution in [0.25, 0.3) is 0 Å². The van der Waals surface area contributed by atoms with Crippen LogP contribution in [-0.2, 0) is 0 Å². The Labute approximate surface area is 111 Å². The Morgan fingerprint density at radius 1 is 1.44 bits per heavy atom. The summed E-state index contributed by atoms with van der Waals surface area (Å²) in [5.74, 6) is 1.65. The van der Waals surface area contributed by atoms with Crippen LogP contribution in [0.3, 0.4) is 0 Å². The summed E-state index contributed by atoms with van der Waals surface area (Å²) < 4.78 is 1.38. The second kappa shape index (κ2) is 7.89. The molecule has 1 rings (SSSR count). The topological polar surface area (TPSA) is 0 Å². The average molecular weight is 297 g/mol. The zero-order chi connectivity index (χ0) is 11.8. The maximum atomic E-state index is 3.85. The molecule has 2 heteroatoms. The molecule has 16 heavy (non-hydrogen) atoms. The van der Waals surface area contributed by atoms with Crippen LogP contribution in [0.4, 0.5) is 0 Å². The van der Waals surface area contributed by atoms with Crippen LogP contribution in [-0.4, -0.2) is 25.1 Å². The molecule has 0 bridgehead atoms. The fraction of sp³-hybridized carbons (Fsp3) is 0.357. The number of allylic oxidation sites excluding steroid dienone is 1. The van der Waals surface area contributed by atoms with Crippen molar-refractivity contribution >= 4 is 31.1 Å². The molecule has 0 N–H and O–H groups in total. The van der Waals surface area contributed by atoms with Gasteiger partial charge in [-0.1, -0.05) is 0 Å². The van der Waals surface area contributed by atoms with E-state index >= 15 is 0 Å². The van der Waals surface area contributed by atoms with Crippen molar-refractivity contribution in [3.63, 3.8) is 0 Å². The molecule has 0 spiro atoms. The predicted molar refractivity (Wildman–Crippen MR) is 77.5 cm³/mol. The number of rotatable bonds is 7. The van der Waals surface area contributed by atoms with Gasteiger partial charge in [0, 0.05) is 0 Å². The molecule has 0 aliphatic heterocycles. The van der Waals surface area contributed by atoms with E-state index in [2.05, 4.69) is 59.4 Å². The zero-order valence-corrected chi connectivity index (χ0v) is 12.2.